The Bertz CT molecular complexity index is 865. The third kappa shape index (κ3) is 5.77. The number of carboxylic acids is 1. The first-order valence-corrected chi connectivity index (χ1v) is 11.5. The van der Waals surface area contributed by atoms with Crippen LogP contribution >= 0.6 is 0 Å². The van der Waals surface area contributed by atoms with Crippen LogP contribution in [0.3, 0.4) is 0 Å². The molecule has 2 aromatic carbocycles. The topological polar surface area (TPSA) is 66.8 Å². The van der Waals surface area contributed by atoms with Gasteiger partial charge in [-0.25, -0.2) is 9.59 Å². The van der Waals surface area contributed by atoms with E-state index in [9.17, 15) is 14.7 Å². The number of fused-ring (bicyclic) bond motifs is 3. The van der Waals surface area contributed by atoms with Crippen molar-refractivity contribution >= 4 is 11.9 Å². The lowest BCUT2D eigenvalue weighted by Crippen LogP contribution is -2.60. The van der Waals surface area contributed by atoms with E-state index < -0.39 is 17.5 Å². The molecule has 0 amide bonds. The number of carboxylic acid groups (broad SMARTS) is 1. The van der Waals surface area contributed by atoms with E-state index in [4.69, 9.17) is 4.74 Å². The van der Waals surface area contributed by atoms with Gasteiger partial charge >= 0.3 is 11.9 Å². The number of rotatable bonds is 9. The maximum Gasteiger partial charge on any atom is 0.338 e. The number of methoxy groups -OCH3 is 1. The Labute approximate surface area is 192 Å². The van der Waals surface area contributed by atoms with Gasteiger partial charge in [0.25, 0.3) is 0 Å². The van der Waals surface area contributed by atoms with Crippen LogP contribution in [0.1, 0.15) is 57.6 Å². The Morgan fingerprint density at radius 2 is 1.56 bits per heavy atom. The van der Waals surface area contributed by atoms with E-state index in [2.05, 4.69) is 55.5 Å². The highest BCUT2D eigenvalue weighted by molar-refractivity contribution is 6.04. The number of ether oxygens (including phenoxy) is 1. The Morgan fingerprint density at radius 1 is 1.03 bits per heavy atom. The molecule has 0 bridgehead atoms. The van der Waals surface area contributed by atoms with Crippen LogP contribution in [0.4, 0.5) is 0 Å². The van der Waals surface area contributed by atoms with Crippen molar-refractivity contribution in [3.05, 3.63) is 59.7 Å². The molecule has 0 fully saturated rings. The molecule has 0 aliphatic heterocycles. The monoisotopic (exact) mass is 439 g/mol. The molecule has 3 rings (SSSR count). The minimum absolute atomic E-state index is 0.0869. The molecular weight excluding hydrogens is 402 g/mol. The number of likely N-dealkylation sites (N-methyl/N-ethyl adjacent to an activating group) is 1. The number of hydrogen-bond acceptors (Lipinski definition) is 4. The standard InChI is InChI=1S/C14H27NO4.C13H10/c1-6-7-8-9-15(4)14(12(16)17,10-11(2)3)13(18)19-5;1-3-7-12-10(5-1)9-11-6-2-4-8-13(11)12/h11H,6-10H2,1-5H3,(H,16,17);1-8H,9H2. The van der Waals surface area contributed by atoms with E-state index in [1.165, 1.54) is 29.4 Å². The summed E-state index contributed by atoms with van der Waals surface area (Å²) in [7, 11) is 2.92. The van der Waals surface area contributed by atoms with Gasteiger partial charge in [-0.15, -0.1) is 0 Å². The van der Waals surface area contributed by atoms with Gasteiger partial charge in [0, 0.05) is 0 Å². The Hall–Kier alpha value is -2.66. The van der Waals surface area contributed by atoms with E-state index in [1.807, 2.05) is 13.8 Å². The molecular formula is C27H37NO4. The van der Waals surface area contributed by atoms with E-state index in [0.29, 0.717) is 6.54 Å². The van der Waals surface area contributed by atoms with Gasteiger partial charge in [0.05, 0.1) is 7.11 Å². The molecule has 1 aliphatic rings. The lowest BCUT2D eigenvalue weighted by molar-refractivity contribution is -0.170. The van der Waals surface area contributed by atoms with Crippen molar-refractivity contribution in [2.45, 2.75) is 58.4 Å². The van der Waals surface area contributed by atoms with Crippen LogP contribution < -0.4 is 0 Å². The lowest BCUT2D eigenvalue weighted by atomic mass is 9.87. The van der Waals surface area contributed by atoms with Crippen molar-refractivity contribution in [1.29, 1.82) is 0 Å². The summed E-state index contributed by atoms with van der Waals surface area (Å²) in [5, 5.41) is 9.56. The molecule has 0 spiro atoms. The lowest BCUT2D eigenvalue weighted by Gasteiger charge is -2.36. The Kier molecular flexibility index (Phi) is 9.45. The maximum absolute atomic E-state index is 12.0. The van der Waals surface area contributed by atoms with Crippen LogP contribution in [0, 0.1) is 5.92 Å². The smallest absolute Gasteiger partial charge is 0.338 e. The Morgan fingerprint density at radius 3 is 2.00 bits per heavy atom. The summed E-state index contributed by atoms with van der Waals surface area (Å²) in [5.74, 6) is -1.73. The zero-order valence-electron chi connectivity index (χ0n) is 20.1. The SMILES string of the molecule is CCCCCN(C)C(CC(C)C)(C(=O)O)C(=O)OC.c1ccc2c(c1)Cc1ccccc1-2. The number of hydrogen-bond donors (Lipinski definition) is 1. The Balaban J connectivity index is 0.000000239. The number of unbranched alkanes of at least 4 members (excludes halogenated alkanes) is 2. The van der Waals surface area contributed by atoms with Gasteiger partial charge in [-0.1, -0.05) is 82.1 Å². The van der Waals surface area contributed by atoms with Crippen LogP contribution in [-0.4, -0.2) is 48.2 Å². The summed E-state index contributed by atoms with van der Waals surface area (Å²) in [6.07, 6.45) is 4.29. The zero-order valence-corrected chi connectivity index (χ0v) is 20.1. The highest BCUT2D eigenvalue weighted by Gasteiger charge is 2.51. The van der Waals surface area contributed by atoms with Gasteiger partial charge in [0.1, 0.15) is 0 Å². The molecule has 1 atom stereocenters. The van der Waals surface area contributed by atoms with Crippen molar-refractivity contribution in [3.63, 3.8) is 0 Å². The van der Waals surface area contributed by atoms with Crippen molar-refractivity contribution in [1.82, 2.24) is 4.90 Å². The summed E-state index contributed by atoms with van der Waals surface area (Å²) in [6, 6.07) is 17.3. The third-order valence-electron chi connectivity index (χ3n) is 6.04. The van der Waals surface area contributed by atoms with E-state index in [0.717, 1.165) is 25.7 Å². The number of nitrogens with zero attached hydrogens (tertiary/aromatic N) is 1. The van der Waals surface area contributed by atoms with Gasteiger partial charge < -0.3 is 9.84 Å². The van der Waals surface area contributed by atoms with E-state index in [-0.39, 0.29) is 12.3 Å². The van der Waals surface area contributed by atoms with Crippen LogP contribution in [0.15, 0.2) is 48.5 Å². The number of carbonyl (C=O) groups is 2. The molecule has 0 heterocycles. The summed E-state index contributed by atoms with van der Waals surface area (Å²) >= 11 is 0. The molecule has 1 N–H and O–H groups in total. The van der Waals surface area contributed by atoms with Gasteiger partial charge in [-0.05, 0) is 61.0 Å². The molecule has 0 radical (unpaired) electrons. The minimum atomic E-state index is -1.57. The molecule has 2 aromatic rings. The van der Waals surface area contributed by atoms with Crippen LogP contribution in [-0.2, 0) is 20.7 Å². The fraction of sp³-hybridized carbons (Fsp3) is 0.481. The average molecular weight is 440 g/mol. The third-order valence-corrected chi connectivity index (χ3v) is 6.04. The van der Waals surface area contributed by atoms with Crippen LogP contribution in [0.5, 0.6) is 0 Å². The van der Waals surface area contributed by atoms with Gasteiger partial charge in [-0.2, -0.15) is 0 Å². The first-order chi connectivity index (χ1) is 15.3. The number of esters is 1. The normalized spacial score (nSPS) is 13.6. The summed E-state index contributed by atoms with van der Waals surface area (Å²) in [6.45, 7) is 6.46. The number of carbonyl (C=O) groups excluding carboxylic acids is 1. The first-order valence-electron chi connectivity index (χ1n) is 11.5. The second kappa shape index (κ2) is 11.8. The maximum atomic E-state index is 12.0. The van der Waals surface area contributed by atoms with E-state index in [1.54, 1.807) is 11.9 Å². The van der Waals surface area contributed by atoms with Crippen molar-refractivity contribution in [2.75, 3.05) is 20.7 Å². The van der Waals surface area contributed by atoms with Crippen molar-refractivity contribution in [3.8, 4) is 11.1 Å². The van der Waals surface area contributed by atoms with Crippen molar-refractivity contribution < 1.29 is 19.4 Å². The zero-order chi connectivity index (χ0) is 23.7. The number of benzene rings is 2. The second-order valence-electron chi connectivity index (χ2n) is 8.87. The molecule has 1 aliphatic carbocycles. The number of aliphatic carboxylic acids is 1. The summed E-state index contributed by atoms with van der Waals surface area (Å²) < 4.78 is 4.74. The molecule has 0 saturated heterocycles. The van der Waals surface area contributed by atoms with Crippen LogP contribution in [0.2, 0.25) is 0 Å². The second-order valence-corrected chi connectivity index (χ2v) is 8.87. The average Bonchev–Trinajstić information content (AvgIpc) is 3.16. The van der Waals surface area contributed by atoms with Crippen LogP contribution in [0.25, 0.3) is 11.1 Å². The predicted molar refractivity (Wildman–Crippen MR) is 129 cm³/mol. The highest BCUT2D eigenvalue weighted by Crippen LogP contribution is 2.35. The molecule has 5 nitrogen and oxygen atoms in total. The summed E-state index contributed by atoms with van der Waals surface area (Å²) in [4.78, 5) is 25.4. The molecule has 32 heavy (non-hydrogen) atoms. The fourth-order valence-electron chi connectivity index (χ4n) is 4.36. The van der Waals surface area contributed by atoms with Gasteiger partial charge in [0.2, 0.25) is 5.54 Å². The van der Waals surface area contributed by atoms with Gasteiger partial charge in [-0.3, -0.25) is 4.90 Å². The molecule has 1 unspecified atom stereocenters. The van der Waals surface area contributed by atoms with E-state index >= 15 is 0 Å². The van der Waals surface area contributed by atoms with Crippen molar-refractivity contribution in [2.24, 2.45) is 5.92 Å². The molecule has 0 saturated carbocycles. The minimum Gasteiger partial charge on any atom is -0.479 e. The largest absolute Gasteiger partial charge is 0.479 e. The highest BCUT2D eigenvalue weighted by atomic mass is 16.5. The van der Waals surface area contributed by atoms with Gasteiger partial charge in [0.15, 0.2) is 0 Å². The quantitative estimate of drug-likeness (QED) is 0.274. The molecule has 0 aromatic heterocycles. The fourth-order valence-corrected chi connectivity index (χ4v) is 4.36. The molecule has 5 heteroatoms. The molecule has 174 valence electrons. The summed E-state index contributed by atoms with van der Waals surface area (Å²) in [5.41, 5.74) is 4.18. The predicted octanol–water partition coefficient (Wildman–Crippen LogP) is 5.41. The first kappa shape index (κ1) is 25.6.